The predicted octanol–water partition coefficient (Wildman–Crippen LogP) is 2.41. The Morgan fingerprint density at radius 3 is 2.58 bits per heavy atom. The molecular weight excluding hydrogens is 242 g/mol. The first kappa shape index (κ1) is 13.9. The fourth-order valence-electron chi connectivity index (χ4n) is 2.53. The highest BCUT2D eigenvalue weighted by atomic mass is 16.6. The zero-order valence-corrected chi connectivity index (χ0v) is 11.7. The second kappa shape index (κ2) is 5.21. The van der Waals surface area contributed by atoms with Crippen LogP contribution in [0.15, 0.2) is 30.3 Å². The van der Waals surface area contributed by atoms with Gasteiger partial charge in [0.1, 0.15) is 6.61 Å². The molecule has 1 saturated heterocycles. The minimum Gasteiger partial charge on any atom is -0.445 e. The van der Waals surface area contributed by atoms with Crippen molar-refractivity contribution in [1.29, 1.82) is 0 Å². The van der Waals surface area contributed by atoms with Gasteiger partial charge in [-0.3, -0.25) is 0 Å². The molecule has 1 amide bonds. The molecule has 2 atom stereocenters. The number of hydrogen-bond acceptors (Lipinski definition) is 3. The SMILES string of the molecule is C[C@H]1[C@H](O)C(C)(C)CN1C(=O)OCc1ccccc1. The molecule has 4 nitrogen and oxygen atoms in total. The Morgan fingerprint density at radius 1 is 1.42 bits per heavy atom. The van der Waals surface area contributed by atoms with Crippen molar-refractivity contribution in [2.75, 3.05) is 6.54 Å². The number of benzene rings is 1. The van der Waals surface area contributed by atoms with E-state index in [1.165, 1.54) is 0 Å². The average molecular weight is 263 g/mol. The summed E-state index contributed by atoms with van der Waals surface area (Å²) in [6.45, 7) is 6.54. The third kappa shape index (κ3) is 2.89. The molecule has 0 unspecified atom stereocenters. The van der Waals surface area contributed by atoms with E-state index in [0.29, 0.717) is 6.54 Å². The summed E-state index contributed by atoms with van der Waals surface area (Å²) in [4.78, 5) is 13.7. The second-order valence-electron chi connectivity index (χ2n) is 5.84. The number of hydrogen-bond donors (Lipinski definition) is 1. The van der Waals surface area contributed by atoms with Gasteiger partial charge in [-0.25, -0.2) is 4.79 Å². The number of aliphatic hydroxyl groups is 1. The topological polar surface area (TPSA) is 49.8 Å². The van der Waals surface area contributed by atoms with Gasteiger partial charge in [0.25, 0.3) is 0 Å². The summed E-state index contributed by atoms with van der Waals surface area (Å²) < 4.78 is 5.30. The maximum atomic E-state index is 12.1. The number of amides is 1. The fourth-order valence-corrected chi connectivity index (χ4v) is 2.53. The van der Waals surface area contributed by atoms with Gasteiger partial charge in [0.05, 0.1) is 12.1 Å². The van der Waals surface area contributed by atoms with Crippen LogP contribution in [-0.4, -0.2) is 34.8 Å². The number of ether oxygens (including phenoxy) is 1. The summed E-state index contributed by atoms with van der Waals surface area (Å²) in [6, 6.07) is 9.37. The molecule has 1 aromatic rings. The fraction of sp³-hybridized carbons (Fsp3) is 0.533. The van der Waals surface area contributed by atoms with Gasteiger partial charge in [0, 0.05) is 12.0 Å². The molecule has 0 aliphatic carbocycles. The van der Waals surface area contributed by atoms with E-state index in [0.717, 1.165) is 5.56 Å². The average Bonchev–Trinajstić information content (AvgIpc) is 2.61. The molecule has 2 rings (SSSR count). The number of nitrogens with zero attached hydrogens (tertiary/aromatic N) is 1. The van der Waals surface area contributed by atoms with Crippen LogP contribution in [0.4, 0.5) is 4.79 Å². The lowest BCUT2D eigenvalue weighted by Crippen LogP contribution is -2.37. The Bertz CT molecular complexity index is 444. The summed E-state index contributed by atoms with van der Waals surface area (Å²) in [5, 5.41) is 10.1. The molecule has 1 aliphatic rings. The van der Waals surface area contributed by atoms with Crippen molar-refractivity contribution < 1.29 is 14.6 Å². The largest absolute Gasteiger partial charge is 0.445 e. The van der Waals surface area contributed by atoms with E-state index in [1.807, 2.05) is 51.1 Å². The van der Waals surface area contributed by atoms with Gasteiger partial charge in [-0.2, -0.15) is 0 Å². The van der Waals surface area contributed by atoms with Crippen LogP contribution in [0, 0.1) is 5.41 Å². The zero-order chi connectivity index (χ0) is 14.0. The molecule has 0 spiro atoms. The zero-order valence-electron chi connectivity index (χ0n) is 11.7. The van der Waals surface area contributed by atoms with Crippen molar-refractivity contribution in [2.24, 2.45) is 5.41 Å². The molecular formula is C15H21NO3. The van der Waals surface area contributed by atoms with Crippen LogP contribution in [0.2, 0.25) is 0 Å². The number of aliphatic hydroxyl groups excluding tert-OH is 1. The molecule has 19 heavy (non-hydrogen) atoms. The Balaban J connectivity index is 1.94. The quantitative estimate of drug-likeness (QED) is 0.891. The molecule has 1 heterocycles. The lowest BCUT2D eigenvalue weighted by molar-refractivity contribution is 0.0609. The van der Waals surface area contributed by atoms with Crippen molar-refractivity contribution in [2.45, 2.75) is 39.5 Å². The molecule has 104 valence electrons. The number of carbonyl (C=O) groups excluding carboxylic acids is 1. The van der Waals surface area contributed by atoms with Crippen molar-refractivity contribution in [3.63, 3.8) is 0 Å². The summed E-state index contributed by atoms with van der Waals surface area (Å²) in [6.07, 6.45) is -0.877. The third-order valence-corrected chi connectivity index (χ3v) is 3.77. The van der Waals surface area contributed by atoms with Gasteiger partial charge in [0.2, 0.25) is 0 Å². The first-order valence-corrected chi connectivity index (χ1v) is 6.57. The summed E-state index contributed by atoms with van der Waals surface area (Å²) in [5.74, 6) is 0. The van der Waals surface area contributed by atoms with Gasteiger partial charge < -0.3 is 14.7 Å². The summed E-state index contributed by atoms with van der Waals surface area (Å²) in [7, 11) is 0. The Morgan fingerprint density at radius 2 is 2.05 bits per heavy atom. The van der Waals surface area contributed by atoms with E-state index in [4.69, 9.17) is 4.74 Å². The first-order chi connectivity index (χ1) is 8.92. The summed E-state index contributed by atoms with van der Waals surface area (Å²) in [5.41, 5.74) is 0.674. The predicted molar refractivity (Wildman–Crippen MR) is 72.6 cm³/mol. The van der Waals surface area contributed by atoms with E-state index in [9.17, 15) is 9.90 Å². The van der Waals surface area contributed by atoms with Gasteiger partial charge in [-0.05, 0) is 12.5 Å². The van der Waals surface area contributed by atoms with Crippen molar-refractivity contribution in [1.82, 2.24) is 4.90 Å². The monoisotopic (exact) mass is 263 g/mol. The van der Waals surface area contributed by atoms with Crippen LogP contribution in [0.3, 0.4) is 0 Å². The maximum absolute atomic E-state index is 12.1. The summed E-state index contributed by atoms with van der Waals surface area (Å²) >= 11 is 0. The minimum atomic E-state index is -0.517. The van der Waals surface area contributed by atoms with E-state index in [-0.39, 0.29) is 24.2 Å². The molecule has 0 aromatic heterocycles. The lowest BCUT2D eigenvalue weighted by Gasteiger charge is -2.22. The number of carbonyl (C=O) groups is 1. The molecule has 1 aromatic carbocycles. The molecule has 1 N–H and O–H groups in total. The smallest absolute Gasteiger partial charge is 0.410 e. The third-order valence-electron chi connectivity index (χ3n) is 3.77. The number of likely N-dealkylation sites (tertiary alicyclic amines) is 1. The van der Waals surface area contributed by atoms with E-state index in [1.54, 1.807) is 4.90 Å². The number of rotatable bonds is 2. The first-order valence-electron chi connectivity index (χ1n) is 6.57. The Hall–Kier alpha value is -1.55. The molecule has 4 heteroatoms. The highest BCUT2D eigenvalue weighted by Crippen LogP contribution is 2.34. The van der Waals surface area contributed by atoms with Crippen LogP contribution >= 0.6 is 0 Å². The van der Waals surface area contributed by atoms with E-state index in [2.05, 4.69) is 0 Å². The van der Waals surface area contributed by atoms with E-state index >= 15 is 0 Å². The van der Waals surface area contributed by atoms with Gasteiger partial charge in [-0.15, -0.1) is 0 Å². The van der Waals surface area contributed by atoms with Gasteiger partial charge in [0.15, 0.2) is 0 Å². The molecule has 1 fully saturated rings. The van der Waals surface area contributed by atoms with Crippen molar-refractivity contribution in [3.8, 4) is 0 Å². The Kier molecular flexibility index (Phi) is 3.80. The van der Waals surface area contributed by atoms with Crippen molar-refractivity contribution >= 4 is 6.09 Å². The standard InChI is InChI=1S/C15H21NO3/c1-11-13(17)15(2,3)10-16(11)14(18)19-9-12-7-5-4-6-8-12/h4-8,11,13,17H,9-10H2,1-3H3/t11-,13-/m0/s1. The molecule has 0 bridgehead atoms. The highest BCUT2D eigenvalue weighted by molar-refractivity contribution is 5.68. The highest BCUT2D eigenvalue weighted by Gasteiger charge is 2.46. The molecule has 0 saturated carbocycles. The van der Waals surface area contributed by atoms with Crippen LogP contribution in [0.1, 0.15) is 26.3 Å². The van der Waals surface area contributed by atoms with Crippen LogP contribution in [0.5, 0.6) is 0 Å². The van der Waals surface area contributed by atoms with Gasteiger partial charge >= 0.3 is 6.09 Å². The molecule has 1 aliphatic heterocycles. The van der Waals surface area contributed by atoms with Crippen LogP contribution in [0.25, 0.3) is 0 Å². The van der Waals surface area contributed by atoms with Gasteiger partial charge in [-0.1, -0.05) is 44.2 Å². The minimum absolute atomic E-state index is 0.210. The normalized spacial score (nSPS) is 25.4. The van der Waals surface area contributed by atoms with E-state index < -0.39 is 6.10 Å². The van der Waals surface area contributed by atoms with Crippen molar-refractivity contribution in [3.05, 3.63) is 35.9 Å². The van der Waals surface area contributed by atoms with Crippen LogP contribution < -0.4 is 0 Å². The maximum Gasteiger partial charge on any atom is 0.410 e. The Labute approximate surface area is 114 Å². The van der Waals surface area contributed by atoms with Crippen LogP contribution in [-0.2, 0) is 11.3 Å². The lowest BCUT2D eigenvalue weighted by atomic mass is 9.88. The molecule has 0 radical (unpaired) electrons. The second-order valence-corrected chi connectivity index (χ2v) is 5.84.